The van der Waals surface area contributed by atoms with Crippen LogP contribution in [-0.2, 0) is 26.2 Å². The lowest BCUT2D eigenvalue weighted by atomic mass is 10.1. The summed E-state index contributed by atoms with van der Waals surface area (Å²) < 4.78 is 28.8. The minimum Gasteiger partial charge on any atom is -0.354 e. The van der Waals surface area contributed by atoms with Crippen LogP contribution >= 0.6 is 0 Å². The summed E-state index contributed by atoms with van der Waals surface area (Å²) in [4.78, 5) is 28.4. The van der Waals surface area contributed by atoms with E-state index in [-0.39, 0.29) is 17.3 Å². The second-order valence-electron chi connectivity index (χ2n) is 9.44. The number of sulfonamides is 1. The van der Waals surface area contributed by atoms with Crippen LogP contribution in [0.3, 0.4) is 0 Å². The largest absolute Gasteiger partial charge is 0.354 e. The predicted octanol–water partition coefficient (Wildman–Crippen LogP) is 4.83. The molecule has 0 aromatic heterocycles. The quantitative estimate of drug-likeness (QED) is 0.337. The Balaban J connectivity index is 2.00. The fourth-order valence-electron chi connectivity index (χ4n) is 4.22. The van der Waals surface area contributed by atoms with Gasteiger partial charge in [0.05, 0.1) is 10.6 Å². The van der Waals surface area contributed by atoms with Crippen molar-refractivity contribution in [2.75, 3.05) is 17.4 Å². The molecule has 0 saturated carbocycles. The van der Waals surface area contributed by atoms with Gasteiger partial charge in [-0.15, -0.1) is 0 Å². The number of nitrogens with zero attached hydrogens (tertiary/aromatic N) is 2. The fourth-order valence-corrected chi connectivity index (χ4v) is 5.72. The maximum absolute atomic E-state index is 13.9. The SMILES string of the molecule is CCCCNC(=O)[C@H](C)N(Cc1ccccc1)C(=O)CN(c1ccc(C)cc1C)S(=O)(=O)c1ccccc1. The van der Waals surface area contributed by atoms with Crippen molar-refractivity contribution in [3.63, 3.8) is 0 Å². The van der Waals surface area contributed by atoms with Gasteiger partial charge in [-0.2, -0.15) is 0 Å². The number of aryl methyl sites for hydroxylation is 2. The number of benzene rings is 3. The van der Waals surface area contributed by atoms with Crippen LogP contribution in [0, 0.1) is 13.8 Å². The molecule has 0 unspecified atom stereocenters. The maximum Gasteiger partial charge on any atom is 0.264 e. The third-order valence-corrected chi connectivity index (χ3v) is 8.20. The molecule has 3 aromatic carbocycles. The molecule has 202 valence electrons. The number of carbonyl (C=O) groups is 2. The molecule has 0 radical (unpaired) electrons. The number of amides is 2. The average molecular weight is 536 g/mol. The first-order valence-electron chi connectivity index (χ1n) is 12.9. The van der Waals surface area contributed by atoms with Crippen LogP contribution in [0.25, 0.3) is 0 Å². The van der Waals surface area contributed by atoms with Crippen molar-refractivity contribution in [1.29, 1.82) is 0 Å². The topological polar surface area (TPSA) is 86.8 Å². The monoisotopic (exact) mass is 535 g/mol. The highest BCUT2D eigenvalue weighted by Crippen LogP contribution is 2.28. The van der Waals surface area contributed by atoms with E-state index < -0.39 is 28.5 Å². The van der Waals surface area contributed by atoms with Gasteiger partial charge in [0, 0.05) is 13.1 Å². The highest BCUT2D eigenvalue weighted by Gasteiger charge is 2.33. The van der Waals surface area contributed by atoms with Crippen LogP contribution in [0.4, 0.5) is 5.69 Å². The smallest absolute Gasteiger partial charge is 0.264 e. The molecule has 0 bridgehead atoms. The summed E-state index contributed by atoms with van der Waals surface area (Å²) in [6.07, 6.45) is 1.77. The molecule has 0 aliphatic rings. The van der Waals surface area contributed by atoms with Crippen LogP contribution in [-0.4, -0.2) is 44.3 Å². The number of anilines is 1. The van der Waals surface area contributed by atoms with Crippen molar-refractivity contribution in [3.8, 4) is 0 Å². The number of hydrogen-bond donors (Lipinski definition) is 1. The van der Waals surface area contributed by atoms with Crippen molar-refractivity contribution in [2.24, 2.45) is 0 Å². The summed E-state index contributed by atoms with van der Waals surface area (Å²) in [5.41, 5.74) is 2.99. The zero-order valence-corrected chi connectivity index (χ0v) is 23.4. The number of nitrogens with one attached hydrogen (secondary N) is 1. The summed E-state index contributed by atoms with van der Waals surface area (Å²) in [6.45, 7) is 7.72. The molecule has 8 heteroatoms. The Kier molecular flexibility index (Phi) is 10.1. The van der Waals surface area contributed by atoms with E-state index in [2.05, 4.69) is 5.32 Å². The molecule has 0 heterocycles. The molecular formula is C30H37N3O4S. The Hall–Kier alpha value is -3.65. The number of rotatable bonds is 12. The zero-order chi connectivity index (χ0) is 27.7. The highest BCUT2D eigenvalue weighted by atomic mass is 32.2. The van der Waals surface area contributed by atoms with E-state index in [4.69, 9.17) is 0 Å². The van der Waals surface area contributed by atoms with E-state index in [1.807, 2.05) is 63.2 Å². The molecule has 38 heavy (non-hydrogen) atoms. The Morgan fingerprint density at radius 2 is 1.55 bits per heavy atom. The van der Waals surface area contributed by atoms with Crippen molar-refractivity contribution < 1.29 is 18.0 Å². The van der Waals surface area contributed by atoms with Crippen LogP contribution in [0.15, 0.2) is 83.8 Å². The first kappa shape index (κ1) is 28.9. The summed E-state index contributed by atoms with van der Waals surface area (Å²) >= 11 is 0. The van der Waals surface area contributed by atoms with Crippen LogP contribution in [0.5, 0.6) is 0 Å². The number of hydrogen-bond acceptors (Lipinski definition) is 4. The van der Waals surface area contributed by atoms with E-state index in [0.717, 1.165) is 33.8 Å². The molecule has 1 atom stereocenters. The Morgan fingerprint density at radius 3 is 2.16 bits per heavy atom. The van der Waals surface area contributed by atoms with Gasteiger partial charge in [0.1, 0.15) is 12.6 Å². The molecule has 0 aliphatic carbocycles. The van der Waals surface area contributed by atoms with Crippen LogP contribution in [0.2, 0.25) is 0 Å². The predicted molar refractivity (Wildman–Crippen MR) is 151 cm³/mol. The fraction of sp³-hybridized carbons (Fsp3) is 0.333. The van der Waals surface area contributed by atoms with Gasteiger partial charge >= 0.3 is 0 Å². The van der Waals surface area contributed by atoms with Crippen molar-refractivity contribution in [2.45, 2.75) is 58.0 Å². The first-order valence-corrected chi connectivity index (χ1v) is 14.3. The average Bonchev–Trinajstić information content (AvgIpc) is 2.91. The molecule has 0 aliphatic heterocycles. The van der Waals surface area contributed by atoms with Crippen LogP contribution in [0.1, 0.15) is 43.4 Å². The zero-order valence-electron chi connectivity index (χ0n) is 22.6. The molecule has 3 aromatic rings. The second kappa shape index (κ2) is 13.2. The van der Waals surface area contributed by atoms with Gasteiger partial charge in [-0.1, -0.05) is 79.6 Å². The third-order valence-electron chi connectivity index (χ3n) is 6.42. The summed E-state index contributed by atoms with van der Waals surface area (Å²) in [5.74, 6) is -0.738. The number of carbonyl (C=O) groups excluding carboxylic acids is 2. The molecule has 2 amide bonds. The Labute approximate surface area is 226 Å². The van der Waals surface area contributed by atoms with E-state index in [0.29, 0.717) is 12.2 Å². The van der Waals surface area contributed by atoms with E-state index in [1.165, 1.54) is 17.0 Å². The lowest BCUT2D eigenvalue weighted by Crippen LogP contribution is -2.51. The Morgan fingerprint density at radius 1 is 0.921 bits per heavy atom. The van der Waals surface area contributed by atoms with Gasteiger partial charge < -0.3 is 10.2 Å². The second-order valence-corrected chi connectivity index (χ2v) is 11.3. The lowest BCUT2D eigenvalue weighted by molar-refractivity contribution is -0.139. The minimum atomic E-state index is -4.07. The van der Waals surface area contributed by atoms with Crippen molar-refractivity contribution >= 4 is 27.5 Å². The third kappa shape index (κ3) is 7.22. The molecule has 7 nitrogen and oxygen atoms in total. The molecule has 1 N–H and O–H groups in total. The molecular weight excluding hydrogens is 498 g/mol. The van der Waals surface area contributed by atoms with Gasteiger partial charge in [-0.3, -0.25) is 13.9 Å². The van der Waals surface area contributed by atoms with Gasteiger partial charge in [0.2, 0.25) is 11.8 Å². The van der Waals surface area contributed by atoms with E-state index >= 15 is 0 Å². The summed E-state index contributed by atoms with van der Waals surface area (Å²) in [7, 11) is -4.07. The highest BCUT2D eigenvalue weighted by molar-refractivity contribution is 7.92. The minimum absolute atomic E-state index is 0.0905. The van der Waals surface area contributed by atoms with Crippen molar-refractivity contribution in [3.05, 3.63) is 95.6 Å². The van der Waals surface area contributed by atoms with E-state index in [9.17, 15) is 18.0 Å². The normalized spacial score (nSPS) is 12.0. The molecule has 0 spiro atoms. The molecule has 3 rings (SSSR count). The van der Waals surface area contributed by atoms with Gasteiger partial charge in [-0.05, 0) is 56.5 Å². The van der Waals surface area contributed by atoms with E-state index in [1.54, 1.807) is 31.2 Å². The van der Waals surface area contributed by atoms with Gasteiger partial charge in [0.25, 0.3) is 10.0 Å². The summed E-state index contributed by atoms with van der Waals surface area (Å²) in [5, 5.41) is 2.90. The van der Waals surface area contributed by atoms with Gasteiger partial charge in [0.15, 0.2) is 0 Å². The summed E-state index contributed by atoms with van der Waals surface area (Å²) in [6, 6.07) is 22.1. The number of unbranched alkanes of at least 4 members (excludes halogenated alkanes) is 1. The van der Waals surface area contributed by atoms with Crippen LogP contribution < -0.4 is 9.62 Å². The Bertz CT molecular complexity index is 1330. The van der Waals surface area contributed by atoms with Crippen molar-refractivity contribution in [1.82, 2.24) is 10.2 Å². The standard InChI is InChI=1S/C30H37N3O4S/c1-5-6-19-31-30(35)25(4)32(21-26-13-9-7-10-14-26)29(34)22-33(28-18-17-23(2)20-24(28)3)38(36,37)27-15-11-8-12-16-27/h7-18,20,25H,5-6,19,21-22H2,1-4H3,(H,31,35)/t25-/m0/s1. The molecule has 0 fully saturated rings. The first-order chi connectivity index (χ1) is 18.1. The van der Waals surface area contributed by atoms with Gasteiger partial charge in [-0.25, -0.2) is 8.42 Å². The maximum atomic E-state index is 13.9. The molecule has 0 saturated heterocycles. The lowest BCUT2D eigenvalue weighted by Gasteiger charge is -2.32.